The second kappa shape index (κ2) is 5.41. The average Bonchev–Trinajstić information content (AvgIpc) is 2.37. The molecule has 1 aliphatic heterocycles. The fourth-order valence-corrected chi connectivity index (χ4v) is 3.68. The molecule has 1 aromatic carbocycles. The van der Waals surface area contributed by atoms with Crippen molar-refractivity contribution in [3.05, 3.63) is 18.2 Å². The van der Waals surface area contributed by atoms with E-state index in [2.05, 4.69) is 11.8 Å². The summed E-state index contributed by atoms with van der Waals surface area (Å²) in [6.07, 6.45) is 5.79. The molecule has 2 N–H and O–H groups in total. The highest BCUT2D eigenvalue weighted by Gasteiger charge is 2.24. The molecule has 2 rings (SSSR count). The monoisotopic (exact) mass is 282 g/mol. The van der Waals surface area contributed by atoms with Crippen molar-refractivity contribution < 1.29 is 8.42 Å². The highest BCUT2D eigenvalue weighted by Crippen LogP contribution is 2.34. The van der Waals surface area contributed by atoms with Crippen LogP contribution in [0.1, 0.15) is 32.6 Å². The third kappa shape index (κ3) is 2.86. The van der Waals surface area contributed by atoms with Gasteiger partial charge in [-0.15, -0.1) is 0 Å². The predicted octanol–water partition coefficient (Wildman–Crippen LogP) is 2.44. The van der Waals surface area contributed by atoms with Crippen molar-refractivity contribution in [2.24, 2.45) is 0 Å². The van der Waals surface area contributed by atoms with Crippen LogP contribution in [0.4, 0.5) is 11.4 Å². The molecule has 0 spiro atoms. The predicted molar refractivity (Wildman–Crippen MR) is 79.2 cm³/mol. The zero-order valence-electron chi connectivity index (χ0n) is 11.6. The Hall–Kier alpha value is -1.23. The first-order valence-electron chi connectivity index (χ1n) is 6.80. The number of sulfone groups is 1. The van der Waals surface area contributed by atoms with Crippen LogP contribution >= 0.6 is 0 Å². The van der Waals surface area contributed by atoms with E-state index in [1.54, 1.807) is 12.1 Å². The second-order valence-electron chi connectivity index (χ2n) is 5.21. The third-order valence-electron chi connectivity index (χ3n) is 3.85. The Morgan fingerprint density at radius 2 is 2.11 bits per heavy atom. The molecule has 106 valence electrons. The topological polar surface area (TPSA) is 63.4 Å². The van der Waals surface area contributed by atoms with Crippen molar-refractivity contribution in [3.63, 3.8) is 0 Å². The first-order chi connectivity index (χ1) is 8.95. The Morgan fingerprint density at radius 1 is 1.37 bits per heavy atom. The van der Waals surface area contributed by atoms with Crippen LogP contribution in [0.25, 0.3) is 0 Å². The lowest BCUT2D eigenvalue weighted by atomic mass is 9.99. The van der Waals surface area contributed by atoms with E-state index in [9.17, 15) is 8.42 Å². The minimum atomic E-state index is -3.27. The van der Waals surface area contributed by atoms with Crippen LogP contribution < -0.4 is 10.6 Å². The van der Waals surface area contributed by atoms with Crippen molar-refractivity contribution in [2.75, 3.05) is 23.4 Å². The van der Waals surface area contributed by atoms with Gasteiger partial charge >= 0.3 is 0 Å². The van der Waals surface area contributed by atoms with Gasteiger partial charge in [0.05, 0.1) is 16.3 Å². The molecular weight excluding hydrogens is 260 g/mol. The summed E-state index contributed by atoms with van der Waals surface area (Å²) in [6, 6.07) is 5.76. The third-order valence-corrected chi connectivity index (χ3v) is 5.01. The van der Waals surface area contributed by atoms with Crippen molar-refractivity contribution in [1.82, 2.24) is 0 Å². The van der Waals surface area contributed by atoms with Gasteiger partial charge in [0.1, 0.15) is 0 Å². The molecule has 0 aromatic heterocycles. The van der Waals surface area contributed by atoms with Crippen LogP contribution in [0.15, 0.2) is 23.1 Å². The van der Waals surface area contributed by atoms with Crippen molar-refractivity contribution in [1.29, 1.82) is 0 Å². The Kier molecular flexibility index (Phi) is 4.04. The van der Waals surface area contributed by atoms with Gasteiger partial charge in [-0.05, 0) is 37.8 Å². The molecule has 0 aliphatic carbocycles. The number of nitrogens with two attached hydrogens (primary N) is 1. The zero-order chi connectivity index (χ0) is 14.0. The number of anilines is 2. The Bertz CT molecular complexity index is 555. The average molecular weight is 282 g/mol. The highest BCUT2D eigenvalue weighted by molar-refractivity contribution is 7.90. The molecule has 1 atom stereocenters. The molecule has 1 aromatic rings. The number of rotatable bonds is 3. The van der Waals surface area contributed by atoms with E-state index in [-0.39, 0.29) is 4.90 Å². The van der Waals surface area contributed by atoms with Gasteiger partial charge in [-0.3, -0.25) is 0 Å². The lowest BCUT2D eigenvalue weighted by Gasteiger charge is -2.38. The molecule has 0 radical (unpaired) electrons. The minimum Gasteiger partial charge on any atom is -0.396 e. The molecule has 1 unspecified atom stereocenters. The maximum Gasteiger partial charge on any atom is 0.177 e. The van der Waals surface area contributed by atoms with Crippen molar-refractivity contribution >= 4 is 21.2 Å². The smallest absolute Gasteiger partial charge is 0.177 e. The number of para-hydroxylation sites is 1. The first kappa shape index (κ1) is 14.2. The standard InChI is InChI=1S/C14H22N2O2S/c1-3-11-7-4-5-10-16(11)12-8-6-9-13(14(12)15)19(2,17)18/h6,8-9,11H,3-5,7,10,15H2,1-2H3. The lowest BCUT2D eigenvalue weighted by Crippen LogP contribution is -2.39. The summed E-state index contributed by atoms with van der Waals surface area (Å²) in [7, 11) is -3.27. The van der Waals surface area contributed by atoms with E-state index >= 15 is 0 Å². The fraction of sp³-hybridized carbons (Fsp3) is 0.571. The summed E-state index contributed by atoms with van der Waals surface area (Å²) in [4.78, 5) is 2.51. The van der Waals surface area contributed by atoms with Crippen LogP contribution in [0.5, 0.6) is 0 Å². The number of piperidine rings is 1. The number of hydrogen-bond acceptors (Lipinski definition) is 4. The first-order valence-corrected chi connectivity index (χ1v) is 8.69. The summed E-state index contributed by atoms with van der Waals surface area (Å²) in [5.74, 6) is 0. The van der Waals surface area contributed by atoms with Gasteiger partial charge in [-0.25, -0.2) is 8.42 Å². The molecule has 19 heavy (non-hydrogen) atoms. The molecule has 0 amide bonds. The Balaban J connectivity index is 2.45. The Labute approximate surface area is 115 Å². The van der Waals surface area contributed by atoms with E-state index in [0.29, 0.717) is 11.7 Å². The molecule has 1 heterocycles. The molecule has 1 fully saturated rings. The van der Waals surface area contributed by atoms with E-state index in [1.165, 1.54) is 12.7 Å². The SMILES string of the molecule is CCC1CCCCN1c1cccc(S(C)(=O)=O)c1N. The van der Waals surface area contributed by atoms with Crippen LogP contribution in [0, 0.1) is 0 Å². The quantitative estimate of drug-likeness (QED) is 0.865. The van der Waals surface area contributed by atoms with Gasteiger partial charge in [0, 0.05) is 18.8 Å². The van der Waals surface area contributed by atoms with Gasteiger partial charge in [-0.1, -0.05) is 13.0 Å². The van der Waals surface area contributed by atoms with Crippen LogP contribution in [-0.2, 0) is 9.84 Å². The molecule has 4 nitrogen and oxygen atoms in total. The largest absolute Gasteiger partial charge is 0.396 e. The normalized spacial score (nSPS) is 20.5. The molecule has 0 bridgehead atoms. The zero-order valence-corrected chi connectivity index (χ0v) is 12.4. The lowest BCUT2D eigenvalue weighted by molar-refractivity contribution is 0.450. The molecule has 5 heteroatoms. The molecule has 1 aliphatic rings. The number of hydrogen-bond donors (Lipinski definition) is 1. The van der Waals surface area contributed by atoms with E-state index in [0.717, 1.165) is 31.5 Å². The molecule has 0 saturated carbocycles. The Morgan fingerprint density at radius 3 is 2.74 bits per heavy atom. The number of nitrogen functional groups attached to an aromatic ring is 1. The minimum absolute atomic E-state index is 0.241. The van der Waals surface area contributed by atoms with Crippen molar-refractivity contribution in [2.45, 2.75) is 43.5 Å². The highest BCUT2D eigenvalue weighted by atomic mass is 32.2. The number of nitrogens with zero attached hydrogens (tertiary/aromatic N) is 1. The summed E-state index contributed by atoms with van der Waals surface area (Å²) >= 11 is 0. The van der Waals surface area contributed by atoms with E-state index in [4.69, 9.17) is 5.73 Å². The molecular formula is C14H22N2O2S. The van der Waals surface area contributed by atoms with Crippen molar-refractivity contribution in [3.8, 4) is 0 Å². The maximum atomic E-state index is 11.7. The van der Waals surface area contributed by atoms with E-state index < -0.39 is 9.84 Å². The van der Waals surface area contributed by atoms with Gasteiger partial charge in [0.15, 0.2) is 9.84 Å². The van der Waals surface area contributed by atoms with Crippen LogP contribution in [0.3, 0.4) is 0 Å². The summed E-state index contributed by atoms with van der Waals surface area (Å²) in [5.41, 5.74) is 7.36. The second-order valence-corrected chi connectivity index (χ2v) is 7.20. The summed E-state index contributed by atoms with van der Waals surface area (Å²) < 4.78 is 23.5. The van der Waals surface area contributed by atoms with Gasteiger partial charge in [0.2, 0.25) is 0 Å². The van der Waals surface area contributed by atoms with Gasteiger partial charge in [-0.2, -0.15) is 0 Å². The maximum absolute atomic E-state index is 11.7. The van der Waals surface area contributed by atoms with E-state index in [1.807, 2.05) is 6.07 Å². The summed E-state index contributed by atoms with van der Waals surface area (Å²) in [5, 5.41) is 0. The fourth-order valence-electron chi connectivity index (χ4n) is 2.85. The summed E-state index contributed by atoms with van der Waals surface area (Å²) in [6.45, 7) is 3.12. The van der Waals surface area contributed by atoms with Gasteiger partial charge in [0.25, 0.3) is 0 Å². The molecule has 1 saturated heterocycles. The van der Waals surface area contributed by atoms with Gasteiger partial charge < -0.3 is 10.6 Å². The van der Waals surface area contributed by atoms with Crippen LogP contribution in [0.2, 0.25) is 0 Å². The van der Waals surface area contributed by atoms with Crippen LogP contribution in [-0.4, -0.2) is 27.3 Å². The number of benzene rings is 1.